The molecule has 1 aromatic rings. The van der Waals surface area contributed by atoms with E-state index in [4.69, 9.17) is 0 Å². The summed E-state index contributed by atoms with van der Waals surface area (Å²) >= 11 is 0. The number of hydrogen-bond acceptors (Lipinski definition) is 5. The Hall–Kier alpha value is -2.90. The number of benzene rings is 1. The van der Waals surface area contributed by atoms with Gasteiger partial charge in [-0.3, -0.25) is 19.2 Å². The van der Waals surface area contributed by atoms with Crippen LogP contribution in [0, 0.1) is 11.8 Å². The SMILES string of the molecule is CC(C)C[C@H](NC(=O)c1ccc(N(C)C)cc1)C(=O)N1CCC2[C@H]1C(=O)CN2C(=O)C1CCC1. The molecule has 3 aliphatic rings. The molecule has 8 nitrogen and oxygen atoms in total. The summed E-state index contributed by atoms with van der Waals surface area (Å²) in [6, 6.07) is 5.68. The molecule has 1 aromatic carbocycles. The molecule has 0 radical (unpaired) electrons. The molecule has 1 unspecified atom stereocenters. The van der Waals surface area contributed by atoms with E-state index in [1.54, 1.807) is 21.9 Å². The number of anilines is 1. The number of nitrogens with one attached hydrogen (secondary N) is 1. The highest BCUT2D eigenvalue weighted by Crippen LogP contribution is 2.35. The zero-order valence-electron chi connectivity index (χ0n) is 20.6. The summed E-state index contributed by atoms with van der Waals surface area (Å²) in [6.07, 6.45) is 3.93. The number of likely N-dealkylation sites (tertiary alicyclic amines) is 2. The molecule has 2 aliphatic heterocycles. The Bertz CT molecular complexity index is 954. The number of amides is 3. The fraction of sp³-hybridized carbons (Fsp3) is 0.615. The van der Waals surface area contributed by atoms with Gasteiger partial charge in [-0.05, 0) is 55.9 Å². The van der Waals surface area contributed by atoms with Crippen molar-refractivity contribution in [2.75, 3.05) is 32.1 Å². The van der Waals surface area contributed by atoms with Crippen LogP contribution in [0.25, 0.3) is 0 Å². The Balaban J connectivity index is 1.47. The minimum absolute atomic E-state index is 0.0307. The van der Waals surface area contributed by atoms with Gasteiger partial charge >= 0.3 is 0 Å². The van der Waals surface area contributed by atoms with Crippen molar-refractivity contribution in [2.24, 2.45) is 11.8 Å². The number of carbonyl (C=O) groups is 4. The van der Waals surface area contributed by atoms with Crippen molar-refractivity contribution in [3.63, 3.8) is 0 Å². The number of carbonyl (C=O) groups excluding carboxylic acids is 4. The zero-order valence-corrected chi connectivity index (χ0v) is 20.6. The topological polar surface area (TPSA) is 90.0 Å². The van der Waals surface area contributed by atoms with Gasteiger partial charge in [0.25, 0.3) is 5.91 Å². The second-order valence-electron chi connectivity index (χ2n) is 10.5. The standard InChI is InChI=1S/C26H36N4O4/c1-16(2)14-20(27-24(32)17-8-10-19(11-9-17)28(3)4)26(34)29-13-12-21-23(29)22(31)15-30(21)25(33)18-6-5-7-18/h8-11,16,18,20-21,23H,5-7,12-15H2,1-4H3,(H,27,32)/t20-,21?,23-/m0/s1. The Kier molecular flexibility index (Phi) is 6.96. The van der Waals surface area contributed by atoms with Crippen molar-refractivity contribution in [3.8, 4) is 0 Å². The van der Waals surface area contributed by atoms with Gasteiger partial charge in [0.1, 0.15) is 12.1 Å². The Morgan fingerprint density at radius 3 is 2.29 bits per heavy atom. The van der Waals surface area contributed by atoms with Crippen LogP contribution in [-0.4, -0.2) is 78.6 Å². The summed E-state index contributed by atoms with van der Waals surface area (Å²) in [5.74, 6) is -0.333. The third-order valence-electron chi connectivity index (χ3n) is 7.40. The normalized spacial score (nSPS) is 23.0. The van der Waals surface area contributed by atoms with E-state index in [-0.39, 0.29) is 47.9 Å². The predicted molar refractivity (Wildman–Crippen MR) is 129 cm³/mol. The van der Waals surface area contributed by atoms with Crippen LogP contribution in [0.5, 0.6) is 0 Å². The predicted octanol–water partition coefficient (Wildman–Crippen LogP) is 2.08. The first kappa shape index (κ1) is 24.2. The third kappa shape index (κ3) is 4.68. The van der Waals surface area contributed by atoms with Crippen molar-refractivity contribution in [1.29, 1.82) is 0 Å². The van der Waals surface area contributed by atoms with Crippen molar-refractivity contribution in [2.45, 2.75) is 64.1 Å². The van der Waals surface area contributed by atoms with Gasteiger partial charge in [-0.15, -0.1) is 0 Å². The molecule has 0 bridgehead atoms. The molecule has 0 aromatic heterocycles. The molecule has 184 valence electrons. The zero-order chi connectivity index (χ0) is 24.6. The highest BCUT2D eigenvalue weighted by Gasteiger charge is 2.53. The van der Waals surface area contributed by atoms with Gasteiger partial charge < -0.3 is 20.0 Å². The quantitative estimate of drug-likeness (QED) is 0.662. The van der Waals surface area contributed by atoms with E-state index in [2.05, 4.69) is 5.32 Å². The maximum atomic E-state index is 13.6. The smallest absolute Gasteiger partial charge is 0.251 e. The fourth-order valence-corrected chi connectivity index (χ4v) is 5.29. The molecule has 3 atom stereocenters. The molecular weight excluding hydrogens is 432 g/mol. The molecule has 1 saturated carbocycles. The lowest BCUT2D eigenvalue weighted by Crippen LogP contribution is -2.53. The number of ketones is 1. The lowest BCUT2D eigenvalue weighted by atomic mass is 9.84. The average molecular weight is 469 g/mol. The van der Waals surface area contributed by atoms with Crippen molar-refractivity contribution >= 4 is 29.2 Å². The van der Waals surface area contributed by atoms with Crippen LogP contribution in [0.3, 0.4) is 0 Å². The van der Waals surface area contributed by atoms with Gasteiger partial charge in [0.15, 0.2) is 5.78 Å². The second kappa shape index (κ2) is 9.76. The molecule has 34 heavy (non-hydrogen) atoms. The van der Waals surface area contributed by atoms with Crippen LogP contribution in [0.4, 0.5) is 5.69 Å². The van der Waals surface area contributed by atoms with Gasteiger partial charge in [0.05, 0.1) is 12.6 Å². The van der Waals surface area contributed by atoms with Crippen LogP contribution < -0.4 is 10.2 Å². The lowest BCUT2D eigenvalue weighted by Gasteiger charge is -2.32. The van der Waals surface area contributed by atoms with Gasteiger partial charge in [-0.25, -0.2) is 0 Å². The highest BCUT2D eigenvalue weighted by molar-refractivity contribution is 6.01. The van der Waals surface area contributed by atoms with E-state index < -0.39 is 12.1 Å². The van der Waals surface area contributed by atoms with Gasteiger partial charge in [-0.1, -0.05) is 20.3 Å². The minimum atomic E-state index is -0.719. The highest BCUT2D eigenvalue weighted by atomic mass is 16.2. The monoisotopic (exact) mass is 468 g/mol. The summed E-state index contributed by atoms with van der Waals surface area (Å²) < 4.78 is 0. The number of Topliss-reactive ketones (excluding diaryl/α,β-unsaturated/α-hetero) is 1. The van der Waals surface area contributed by atoms with Crippen molar-refractivity contribution < 1.29 is 19.2 Å². The lowest BCUT2D eigenvalue weighted by molar-refractivity contribution is -0.140. The van der Waals surface area contributed by atoms with E-state index in [9.17, 15) is 19.2 Å². The van der Waals surface area contributed by atoms with Crippen LogP contribution >= 0.6 is 0 Å². The van der Waals surface area contributed by atoms with E-state index in [0.717, 1.165) is 24.9 Å². The molecule has 1 aliphatic carbocycles. The third-order valence-corrected chi connectivity index (χ3v) is 7.40. The second-order valence-corrected chi connectivity index (χ2v) is 10.5. The van der Waals surface area contributed by atoms with Crippen LogP contribution in [0.15, 0.2) is 24.3 Å². The number of rotatable bonds is 7. The number of fused-ring (bicyclic) bond motifs is 1. The first-order chi connectivity index (χ1) is 16.2. The molecule has 3 fully saturated rings. The first-order valence-electron chi connectivity index (χ1n) is 12.4. The van der Waals surface area contributed by atoms with Crippen molar-refractivity contribution in [3.05, 3.63) is 29.8 Å². The maximum Gasteiger partial charge on any atom is 0.251 e. The summed E-state index contributed by atoms with van der Waals surface area (Å²) in [7, 11) is 3.86. The van der Waals surface area contributed by atoms with E-state index in [0.29, 0.717) is 24.9 Å². The molecule has 2 saturated heterocycles. The fourth-order valence-electron chi connectivity index (χ4n) is 5.29. The summed E-state index contributed by atoms with van der Waals surface area (Å²) in [6.45, 7) is 4.53. The Labute approximate surface area is 201 Å². The van der Waals surface area contributed by atoms with Crippen LogP contribution in [0.2, 0.25) is 0 Å². The number of nitrogens with zero attached hydrogens (tertiary/aromatic N) is 3. The maximum absolute atomic E-state index is 13.6. The van der Waals surface area contributed by atoms with Gasteiger partial charge in [0.2, 0.25) is 11.8 Å². The Morgan fingerprint density at radius 1 is 1.06 bits per heavy atom. The van der Waals surface area contributed by atoms with Crippen LogP contribution in [-0.2, 0) is 14.4 Å². The van der Waals surface area contributed by atoms with E-state index in [1.807, 2.05) is 45.0 Å². The molecule has 0 spiro atoms. The number of hydrogen-bond donors (Lipinski definition) is 1. The van der Waals surface area contributed by atoms with E-state index in [1.165, 1.54) is 0 Å². The van der Waals surface area contributed by atoms with Gasteiger partial charge in [0, 0.05) is 37.8 Å². The molecule has 8 heteroatoms. The largest absolute Gasteiger partial charge is 0.378 e. The van der Waals surface area contributed by atoms with Crippen molar-refractivity contribution in [1.82, 2.24) is 15.1 Å². The molecule has 3 amide bonds. The van der Waals surface area contributed by atoms with E-state index >= 15 is 0 Å². The summed E-state index contributed by atoms with van der Waals surface area (Å²) in [5, 5.41) is 2.92. The molecule has 1 N–H and O–H groups in total. The first-order valence-corrected chi connectivity index (χ1v) is 12.4. The molecule has 4 rings (SSSR count). The summed E-state index contributed by atoms with van der Waals surface area (Å²) in [4.78, 5) is 57.6. The molecule has 2 heterocycles. The summed E-state index contributed by atoms with van der Waals surface area (Å²) in [5.41, 5.74) is 1.47. The van der Waals surface area contributed by atoms with Crippen LogP contribution in [0.1, 0.15) is 56.3 Å². The van der Waals surface area contributed by atoms with Gasteiger partial charge in [-0.2, -0.15) is 0 Å². The molecular formula is C26H36N4O4. The average Bonchev–Trinajstić information content (AvgIpc) is 3.32. The minimum Gasteiger partial charge on any atom is -0.378 e. The Morgan fingerprint density at radius 2 is 1.74 bits per heavy atom.